The Morgan fingerprint density at radius 3 is 3.15 bits per heavy atom. The first-order valence-corrected chi connectivity index (χ1v) is 7.21. The summed E-state index contributed by atoms with van der Waals surface area (Å²) in [6.07, 6.45) is 5.68. The minimum atomic E-state index is 0.00130. The zero-order chi connectivity index (χ0) is 14.4. The average Bonchev–Trinajstić information content (AvgIpc) is 2.46. The molecule has 0 saturated carbocycles. The van der Waals surface area contributed by atoms with E-state index in [4.69, 9.17) is 0 Å². The molecule has 110 valence electrons. The van der Waals surface area contributed by atoms with Gasteiger partial charge in [0.25, 0.3) is 0 Å². The number of pyridine rings is 1. The van der Waals surface area contributed by atoms with Crippen LogP contribution in [-0.4, -0.2) is 46.6 Å². The molecule has 0 aliphatic carbocycles. The number of aromatic nitrogens is 1. The minimum absolute atomic E-state index is 0.00130. The number of likely N-dealkylation sites (tertiary alicyclic amines) is 1. The smallest absolute Gasteiger partial charge is 0.234 e. The lowest BCUT2D eigenvalue weighted by molar-refractivity contribution is -0.124. The quantitative estimate of drug-likeness (QED) is 0.835. The van der Waals surface area contributed by atoms with Gasteiger partial charge in [0, 0.05) is 25.0 Å². The molecule has 2 N–H and O–H groups in total. The average molecular weight is 277 g/mol. The van der Waals surface area contributed by atoms with Gasteiger partial charge in [0.2, 0.25) is 5.91 Å². The summed E-state index contributed by atoms with van der Waals surface area (Å²) in [5.74, 6) is 0.446. The second-order valence-electron chi connectivity index (χ2n) is 5.48. The number of amides is 1. The third-order valence-electron chi connectivity index (χ3n) is 3.98. The third-order valence-corrected chi connectivity index (χ3v) is 3.98. The van der Waals surface area contributed by atoms with Crippen molar-refractivity contribution in [3.8, 4) is 0 Å². The van der Waals surface area contributed by atoms with Crippen molar-refractivity contribution in [2.24, 2.45) is 5.92 Å². The van der Waals surface area contributed by atoms with Gasteiger partial charge in [0.1, 0.15) is 0 Å². The normalized spacial score (nSPS) is 23.5. The lowest BCUT2D eigenvalue weighted by Crippen LogP contribution is -2.50. The van der Waals surface area contributed by atoms with E-state index in [-0.39, 0.29) is 18.6 Å². The molecule has 1 amide bonds. The summed E-state index contributed by atoms with van der Waals surface area (Å²) in [5, 5.41) is 12.4. The standard InChI is InChI=1S/C15H23N3O2/c1-12-4-3-7-18(14(12)11-19)10-15(20)17-9-13-5-2-6-16-8-13/h2,5-6,8,12,14,19H,3-4,7,9-11H2,1H3,(H,17,20). The predicted octanol–water partition coefficient (Wildman–Crippen LogP) is 0.791. The molecule has 2 atom stereocenters. The summed E-state index contributed by atoms with van der Waals surface area (Å²) in [4.78, 5) is 18.1. The van der Waals surface area contributed by atoms with Crippen molar-refractivity contribution in [1.82, 2.24) is 15.2 Å². The Balaban J connectivity index is 1.81. The second-order valence-corrected chi connectivity index (χ2v) is 5.48. The molecule has 0 spiro atoms. The predicted molar refractivity (Wildman–Crippen MR) is 76.9 cm³/mol. The van der Waals surface area contributed by atoms with Gasteiger partial charge in [-0.3, -0.25) is 14.7 Å². The fourth-order valence-corrected chi connectivity index (χ4v) is 2.77. The van der Waals surface area contributed by atoms with Crippen LogP contribution in [0.2, 0.25) is 0 Å². The maximum Gasteiger partial charge on any atom is 0.234 e. The van der Waals surface area contributed by atoms with E-state index in [0.717, 1.165) is 24.9 Å². The highest BCUT2D eigenvalue weighted by Crippen LogP contribution is 2.22. The van der Waals surface area contributed by atoms with Gasteiger partial charge in [-0.1, -0.05) is 13.0 Å². The van der Waals surface area contributed by atoms with E-state index in [2.05, 4.69) is 22.1 Å². The summed E-state index contributed by atoms with van der Waals surface area (Å²) < 4.78 is 0. The van der Waals surface area contributed by atoms with Gasteiger partial charge < -0.3 is 10.4 Å². The SMILES string of the molecule is CC1CCCN(CC(=O)NCc2cccnc2)C1CO. The molecule has 5 nitrogen and oxygen atoms in total. The Bertz CT molecular complexity index is 424. The monoisotopic (exact) mass is 277 g/mol. The summed E-state index contributed by atoms with van der Waals surface area (Å²) in [5.41, 5.74) is 0.992. The summed E-state index contributed by atoms with van der Waals surface area (Å²) >= 11 is 0. The number of piperidine rings is 1. The topological polar surface area (TPSA) is 65.5 Å². The molecular formula is C15H23N3O2. The molecule has 1 aliphatic heterocycles. The van der Waals surface area contributed by atoms with Gasteiger partial charge in [0.05, 0.1) is 13.2 Å². The van der Waals surface area contributed by atoms with Gasteiger partial charge in [-0.2, -0.15) is 0 Å². The molecule has 0 aromatic carbocycles. The molecule has 1 fully saturated rings. The van der Waals surface area contributed by atoms with Crippen LogP contribution < -0.4 is 5.32 Å². The van der Waals surface area contributed by atoms with Crippen LogP contribution in [0.15, 0.2) is 24.5 Å². The van der Waals surface area contributed by atoms with E-state index < -0.39 is 0 Å². The van der Waals surface area contributed by atoms with E-state index in [1.807, 2.05) is 12.1 Å². The Morgan fingerprint density at radius 1 is 1.60 bits per heavy atom. The Morgan fingerprint density at radius 2 is 2.45 bits per heavy atom. The van der Waals surface area contributed by atoms with Crippen LogP contribution in [-0.2, 0) is 11.3 Å². The fourth-order valence-electron chi connectivity index (χ4n) is 2.77. The zero-order valence-corrected chi connectivity index (χ0v) is 12.0. The Kier molecular flexibility index (Phi) is 5.49. The minimum Gasteiger partial charge on any atom is -0.395 e. The molecule has 0 bridgehead atoms. The van der Waals surface area contributed by atoms with Crippen molar-refractivity contribution in [3.63, 3.8) is 0 Å². The second kappa shape index (κ2) is 7.36. The number of hydrogen-bond acceptors (Lipinski definition) is 4. The van der Waals surface area contributed by atoms with E-state index in [1.54, 1.807) is 12.4 Å². The van der Waals surface area contributed by atoms with Gasteiger partial charge in [-0.05, 0) is 36.9 Å². The third kappa shape index (κ3) is 4.02. The zero-order valence-electron chi connectivity index (χ0n) is 12.0. The number of carbonyl (C=O) groups is 1. The first-order valence-electron chi connectivity index (χ1n) is 7.21. The van der Waals surface area contributed by atoms with Crippen molar-refractivity contribution >= 4 is 5.91 Å². The van der Waals surface area contributed by atoms with Crippen LogP contribution in [0, 0.1) is 5.92 Å². The molecule has 1 saturated heterocycles. The highest BCUT2D eigenvalue weighted by Gasteiger charge is 2.28. The lowest BCUT2D eigenvalue weighted by atomic mass is 9.91. The molecule has 0 radical (unpaired) electrons. The first-order chi connectivity index (χ1) is 9.70. The van der Waals surface area contributed by atoms with E-state index >= 15 is 0 Å². The summed E-state index contributed by atoms with van der Waals surface area (Å²) in [6, 6.07) is 3.90. The molecule has 1 aromatic rings. The molecule has 2 unspecified atom stereocenters. The maximum atomic E-state index is 12.0. The summed E-state index contributed by atoms with van der Waals surface area (Å²) in [6.45, 7) is 4.00. The maximum absolute atomic E-state index is 12.0. The molecule has 2 rings (SSSR count). The largest absolute Gasteiger partial charge is 0.395 e. The molecule has 20 heavy (non-hydrogen) atoms. The number of carbonyl (C=O) groups excluding carboxylic acids is 1. The molecule has 2 heterocycles. The van der Waals surface area contributed by atoms with Crippen LogP contribution in [0.5, 0.6) is 0 Å². The first kappa shape index (κ1) is 14.9. The number of aliphatic hydroxyl groups is 1. The van der Waals surface area contributed by atoms with Crippen molar-refractivity contribution in [2.75, 3.05) is 19.7 Å². The number of nitrogens with zero attached hydrogens (tertiary/aromatic N) is 2. The van der Waals surface area contributed by atoms with Crippen LogP contribution in [0.4, 0.5) is 0 Å². The highest BCUT2D eigenvalue weighted by atomic mass is 16.3. The van der Waals surface area contributed by atoms with Gasteiger partial charge in [0.15, 0.2) is 0 Å². The number of aliphatic hydroxyl groups excluding tert-OH is 1. The number of rotatable bonds is 5. The summed E-state index contributed by atoms with van der Waals surface area (Å²) in [7, 11) is 0. The number of hydrogen-bond donors (Lipinski definition) is 2. The lowest BCUT2D eigenvalue weighted by Gasteiger charge is -2.38. The molecule has 5 heteroatoms. The van der Waals surface area contributed by atoms with Crippen LogP contribution >= 0.6 is 0 Å². The van der Waals surface area contributed by atoms with Gasteiger partial charge >= 0.3 is 0 Å². The Hall–Kier alpha value is -1.46. The van der Waals surface area contributed by atoms with Crippen molar-refractivity contribution in [3.05, 3.63) is 30.1 Å². The van der Waals surface area contributed by atoms with Crippen LogP contribution in [0.25, 0.3) is 0 Å². The van der Waals surface area contributed by atoms with Crippen LogP contribution in [0.3, 0.4) is 0 Å². The fraction of sp³-hybridized carbons (Fsp3) is 0.600. The molecular weight excluding hydrogens is 254 g/mol. The van der Waals surface area contributed by atoms with Crippen molar-refractivity contribution in [1.29, 1.82) is 0 Å². The van der Waals surface area contributed by atoms with E-state index in [9.17, 15) is 9.90 Å². The van der Waals surface area contributed by atoms with Gasteiger partial charge in [-0.15, -0.1) is 0 Å². The van der Waals surface area contributed by atoms with Gasteiger partial charge in [-0.25, -0.2) is 0 Å². The molecule has 1 aliphatic rings. The Labute approximate surface area is 120 Å². The van der Waals surface area contributed by atoms with E-state index in [0.29, 0.717) is 19.0 Å². The van der Waals surface area contributed by atoms with E-state index in [1.165, 1.54) is 0 Å². The van der Waals surface area contributed by atoms with Crippen molar-refractivity contribution in [2.45, 2.75) is 32.4 Å². The van der Waals surface area contributed by atoms with Crippen LogP contribution in [0.1, 0.15) is 25.3 Å². The highest BCUT2D eigenvalue weighted by molar-refractivity contribution is 5.78. The molecule has 1 aromatic heterocycles. The van der Waals surface area contributed by atoms with Crippen molar-refractivity contribution < 1.29 is 9.90 Å². The number of nitrogens with one attached hydrogen (secondary N) is 1.